The highest BCUT2D eigenvalue weighted by Crippen LogP contribution is 2.44. The summed E-state index contributed by atoms with van der Waals surface area (Å²) in [6.45, 7) is 0.217. The summed E-state index contributed by atoms with van der Waals surface area (Å²) in [4.78, 5) is 39.5. The maximum atomic E-state index is 12.4. The number of fused-ring (bicyclic) bond motifs is 3. The molecule has 0 spiro atoms. The minimum atomic E-state index is -1.13. The number of carboxylic acids is 1. The fourth-order valence-electron chi connectivity index (χ4n) is 3.98. The number of benzene rings is 2. The van der Waals surface area contributed by atoms with Crippen molar-refractivity contribution in [3.05, 3.63) is 87.5 Å². The second kappa shape index (κ2) is 9.39. The second-order valence-electron chi connectivity index (χ2n) is 7.73. The minimum absolute atomic E-state index is 0.0605. The number of amides is 2. The summed E-state index contributed by atoms with van der Waals surface area (Å²) in [6.07, 6.45) is -0.686. The Bertz CT molecular complexity index is 1380. The molecule has 0 saturated carbocycles. The molecular weight excluding hydrogens is 470 g/mol. The molecule has 176 valence electrons. The molecule has 0 atom stereocenters. The van der Waals surface area contributed by atoms with Gasteiger partial charge in [-0.2, -0.15) is 5.10 Å². The van der Waals surface area contributed by atoms with Crippen molar-refractivity contribution in [1.29, 1.82) is 0 Å². The van der Waals surface area contributed by atoms with Crippen LogP contribution in [-0.4, -0.2) is 44.9 Å². The van der Waals surface area contributed by atoms with Crippen molar-refractivity contribution in [2.45, 2.75) is 12.5 Å². The molecule has 10 nitrogen and oxygen atoms in total. The van der Waals surface area contributed by atoms with Crippen LogP contribution in [0.3, 0.4) is 0 Å². The van der Waals surface area contributed by atoms with E-state index >= 15 is 0 Å². The molecule has 1 aliphatic rings. The molecule has 0 fully saturated rings. The lowest BCUT2D eigenvalue weighted by Crippen LogP contribution is -2.23. The number of carbonyl (C=O) groups excluding carboxylic acids is 2. The molecule has 5 rings (SSSR count). The zero-order valence-corrected chi connectivity index (χ0v) is 19.0. The molecule has 0 aliphatic heterocycles. The van der Waals surface area contributed by atoms with Crippen LogP contribution in [0.1, 0.15) is 43.0 Å². The first-order valence-corrected chi connectivity index (χ1v) is 11.5. The maximum Gasteiger partial charge on any atom is 0.412 e. The number of hydrogen-bond acceptors (Lipinski definition) is 7. The van der Waals surface area contributed by atoms with Crippen LogP contribution >= 0.6 is 11.3 Å². The zero-order chi connectivity index (χ0) is 24.4. The Hall–Kier alpha value is -4.51. The van der Waals surface area contributed by atoms with E-state index in [1.807, 2.05) is 36.4 Å². The molecule has 0 radical (unpaired) electrons. The Balaban J connectivity index is 1.16. The summed E-state index contributed by atoms with van der Waals surface area (Å²) in [6, 6.07) is 17.5. The lowest BCUT2D eigenvalue weighted by atomic mass is 9.98. The quantitative estimate of drug-likeness (QED) is 0.308. The average Bonchev–Trinajstić information content (AvgIpc) is 3.59. The monoisotopic (exact) mass is 489 g/mol. The van der Waals surface area contributed by atoms with Gasteiger partial charge in [0, 0.05) is 17.4 Å². The Morgan fingerprint density at radius 3 is 2.40 bits per heavy atom. The van der Waals surface area contributed by atoms with Gasteiger partial charge in [-0.15, -0.1) is 11.3 Å². The van der Waals surface area contributed by atoms with Gasteiger partial charge in [0.05, 0.1) is 6.54 Å². The molecule has 2 aromatic carbocycles. The number of carboxylic acid groups (broad SMARTS) is 1. The highest BCUT2D eigenvalue weighted by atomic mass is 32.1. The standard InChI is InChI=1S/C24H19N5O5S/c30-22(25-10-21-26-19(12-35-21)23(31)32)18-9-20(29-28-18)27-24(33)34-11-17-15-7-3-1-5-13(15)14-6-2-4-8-16(14)17/h1-9,12,17H,10-11H2,(H,25,30)(H,31,32)(H2,27,28,29,33). The number of nitrogens with one attached hydrogen (secondary N) is 3. The zero-order valence-electron chi connectivity index (χ0n) is 18.1. The Labute approximate surface area is 203 Å². The summed E-state index contributed by atoms with van der Waals surface area (Å²) in [7, 11) is 0. The van der Waals surface area contributed by atoms with E-state index in [0.717, 1.165) is 33.6 Å². The summed E-state index contributed by atoms with van der Waals surface area (Å²) < 4.78 is 5.48. The Morgan fingerprint density at radius 2 is 1.74 bits per heavy atom. The van der Waals surface area contributed by atoms with Gasteiger partial charge >= 0.3 is 12.1 Å². The molecule has 2 aromatic heterocycles. The molecule has 2 heterocycles. The van der Waals surface area contributed by atoms with E-state index in [-0.39, 0.29) is 36.3 Å². The van der Waals surface area contributed by atoms with Crippen molar-refractivity contribution in [2.24, 2.45) is 0 Å². The first-order valence-electron chi connectivity index (χ1n) is 10.6. The third-order valence-corrected chi connectivity index (χ3v) is 6.42. The number of anilines is 1. The lowest BCUT2D eigenvalue weighted by Gasteiger charge is -2.14. The minimum Gasteiger partial charge on any atom is -0.476 e. The van der Waals surface area contributed by atoms with Crippen LogP contribution < -0.4 is 10.6 Å². The number of aromatic carboxylic acids is 1. The van der Waals surface area contributed by atoms with Crippen LogP contribution in [0.5, 0.6) is 0 Å². The first-order chi connectivity index (χ1) is 17.0. The predicted octanol–water partition coefficient (Wildman–Crippen LogP) is 3.86. The van der Waals surface area contributed by atoms with Crippen molar-refractivity contribution < 1.29 is 24.2 Å². The number of rotatable bonds is 7. The number of nitrogens with zero attached hydrogens (tertiary/aromatic N) is 2. The van der Waals surface area contributed by atoms with Crippen LogP contribution in [0.4, 0.5) is 10.6 Å². The van der Waals surface area contributed by atoms with Gasteiger partial charge in [-0.1, -0.05) is 48.5 Å². The molecule has 0 saturated heterocycles. The SMILES string of the molecule is O=C(Nc1cc(C(=O)NCc2nc(C(=O)O)cs2)[nH]n1)OCC1c2ccccc2-c2ccccc21. The van der Waals surface area contributed by atoms with Gasteiger partial charge in [0.1, 0.15) is 17.3 Å². The Morgan fingerprint density at radius 1 is 1.06 bits per heavy atom. The predicted molar refractivity (Wildman–Crippen MR) is 128 cm³/mol. The average molecular weight is 490 g/mol. The van der Waals surface area contributed by atoms with E-state index in [1.165, 1.54) is 11.4 Å². The Kier molecular flexibility index (Phi) is 5.98. The molecule has 4 N–H and O–H groups in total. The molecule has 35 heavy (non-hydrogen) atoms. The van der Waals surface area contributed by atoms with Gasteiger partial charge in [0.2, 0.25) is 0 Å². The molecule has 2 amide bonds. The van der Waals surface area contributed by atoms with Crippen molar-refractivity contribution in [3.63, 3.8) is 0 Å². The number of hydrogen-bond donors (Lipinski definition) is 4. The topological polar surface area (TPSA) is 146 Å². The van der Waals surface area contributed by atoms with Gasteiger partial charge in [0.15, 0.2) is 11.5 Å². The van der Waals surface area contributed by atoms with Crippen LogP contribution in [0.25, 0.3) is 11.1 Å². The molecular formula is C24H19N5O5S. The van der Waals surface area contributed by atoms with Crippen molar-refractivity contribution in [1.82, 2.24) is 20.5 Å². The number of thiazole rings is 1. The molecule has 1 aliphatic carbocycles. The maximum absolute atomic E-state index is 12.4. The van der Waals surface area contributed by atoms with Gasteiger partial charge in [-0.3, -0.25) is 15.2 Å². The van der Waals surface area contributed by atoms with E-state index in [4.69, 9.17) is 9.84 Å². The highest BCUT2D eigenvalue weighted by Gasteiger charge is 2.29. The number of H-pyrrole nitrogens is 1. The lowest BCUT2D eigenvalue weighted by molar-refractivity contribution is 0.0691. The summed E-state index contributed by atoms with van der Waals surface area (Å²) in [5, 5.41) is 22.4. The fourth-order valence-corrected chi connectivity index (χ4v) is 4.69. The van der Waals surface area contributed by atoms with E-state index in [0.29, 0.717) is 5.01 Å². The number of aromatic nitrogens is 3. The van der Waals surface area contributed by atoms with Crippen molar-refractivity contribution >= 4 is 35.1 Å². The van der Waals surface area contributed by atoms with Crippen molar-refractivity contribution in [3.8, 4) is 11.1 Å². The summed E-state index contributed by atoms with van der Waals surface area (Å²) in [5.41, 5.74) is 4.53. The molecule has 4 aromatic rings. The third-order valence-electron chi connectivity index (χ3n) is 5.57. The first kappa shape index (κ1) is 22.3. The normalized spacial score (nSPS) is 12.0. The summed E-state index contributed by atoms with van der Waals surface area (Å²) in [5.74, 6) is -1.54. The van der Waals surface area contributed by atoms with Crippen LogP contribution in [0.15, 0.2) is 60.0 Å². The number of ether oxygens (including phenoxy) is 1. The van der Waals surface area contributed by atoms with Gasteiger partial charge in [-0.05, 0) is 22.3 Å². The van der Waals surface area contributed by atoms with E-state index in [2.05, 4.69) is 37.9 Å². The highest BCUT2D eigenvalue weighted by molar-refractivity contribution is 7.09. The number of aromatic amines is 1. The molecule has 11 heteroatoms. The van der Waals surface area contributed by atoms with E-state index < -0.39 is 18.0 Å². The summed E-state index contributed by atoms with van der Waals surface area (Å²) >= 11 is 1.13. The van der Waals surface area contributed by atoms with Gasteiger partial charge in [-0.25, -0.2) is 14.6 Å². The van der Waals surface area contributed by atoms with Crippen LogP contribution in [0.2, 0.25) is 0 Å². The largest absolute Gasteiger partial charge is 0.476 e. The fraction of sp³-hybridized carbons (Fsp3) is 0.125. The smallest absolute Gasteiger partial charge is 0.412 e. The van der Waals surface area contributed by atoms with Crippen LogP contribution in [0, 0.1) is 0 Å². The number of carbonyl (C=O) groups is 3. The van der Waals surface area contributed by atoms with E-state index in [9.17, 15) is 14.4 Å². The molecule has 0 unspecified atom stereocenters. The van der Waals surface area contributed by atoms with E-state index in [1.54, 1.807) is 0 Å². The second-order valence-corrected chi connectivity index (χ2v) is 8.67. The van der Waals surface area contributed by atoms with Crippen LogP contribution in [-0.2, 0) is 11.3 Å². The molecule has 0 bridgehead atoms. The van der Waals surface area contributed by atoms with Crippen molar-refractivity contribution in [2.75, 3.05) is 11.9 Å². The third kappa shape index (κ3) is 4.62. The van der Waals surface area contributed by atoms with Gasteiger partial charge < -0.3 is 15.2 Å². The van der Waals surface area contributed by atoms with Gasteiger partial charge in [0.25, 0.3) is 5.91 Å².